The summed E-state index contributed by atoms with van der Waals surface area (Å²) in [5.74, 6) is 0.716. The zero-order chi connectivity index (χ0) is 13.8. The van der Waals surface area contributed by atoms with E-state index in [9.17, 15) is 4.21 Å². The van der Waals surface area contributed by atoms with E-state index in [4.69, 9.17) is 5.73 Å². The Morgan fingerprint density at radius 1 is 1.37 bits per heavy atom. The van der Waals surface area contributed by atoms with Gasteiger partial charge in [0.05, 0.1) is 16.6 Å². The van der Waals surface area contributed by atoms with E-state index < -0.39 is 10.8 Å². The van der Waals surface area contributed by atoms with Crippen LogP contribution in [0.3, 0.4) is 0 Å². The fraction of sp³-hybridized carbons (Fsp3) is 0.167. The number of hydrogen-bond acceptors (Lipinski definition) is 5. The molecule has 4 nitrogen and oxygen atoms in total. The fourth-order valence-electron chi connectivity index (χ4n) is 1.47. The smallest absolute Gasteiger partial charge is 0.221 e. The molecular weight excluding hydrogens is 346 g/mol. The van der Waals surface area contributed by atoms with Gasteiger partial charge in [0, 0.05) is 10.5 Å². The van der Waals surface area contributed by atoms with E-state index in [1.807, 2.05) is 30.5 Å². The van der Waals surface area contributed by atoms with Gasteiger partial charge in [0.15, 0.2) is 0 Å². The predicted octanol–water partition coefficient (Wildman–Crippen LogP) is 2.85. The Balaban J connectivity index is 2.22. The topological polar surface area (TPSA) is 68.9 Å². The molecule has 0 aliphatic carbocycles. The number of halogens is 1. The molecular formula is C12H12BrN3OS2. The maximum atomic E-state index is 12.3. The quantitative estimate of drug-likeness (QED) is 0.517. The molecule has 100 valence electrons. The standard InChI is InChI=1S/C12H12BrN3OS2/c1-18-11-6-10(14)15-12(16-11)19(17)7-8-3-2-4-9(13)5-8/h2-6H,7H2,1H3,(H2,14,15,16). The summed E-state index contributed by atoms with van der Waals surface area (Å²) in [6, 6.07) is 9.36. The van der Waals surface area contributed by atoms with Crippen LogP contribution in [0.1, 0.15) is 5.56 Å². The van der Waals surface area contributed by atoms with E-state index in [-0.39, 0.29) is 5.16 Å². The lowest BCUT2D eigenvalue weighted by molar-refractivity contribution is 0.673. The van der Waals surface area contributed by atoms with Crippen molar-refractivity contribution in [3.05, 3.63) is 40.4 Å². The van der Waals surface area contributed by atoms with E-state index in [0.29, 0.717) is 11.6 Å². The molecule has 7 heteroatoms. The van der Waals surface area contributed by atoms with Crippen LogP contribution in [0.5, 0.6) is 0 Å². The van der Waals surface area contributed by atoms with Crippen LogP contribution >= 0.6 is 27.7 Å². The molecule has 0 saturated heterocycles. The summed E-state index contributed by atoms with van der Waals surface area (Å²) in [7, 11) is -1.30. The number of thioether (sulfide) groups is 1. The van der Waals surface area contributed by atoms with Gasteiger partial charge in [-0.2, -0.15) is 0 Å². The molecule has 0 fully saturated rings. The van der Waals surface area contributed by atoms with E-state index in [1.54, 1.807) is 6.07 Å². The molecule has 0 aliphatic rings. The number of rotatable bonds is 4. The minimum Gasteiger partial charge on any atom is -0.384 e. The van der Waals surface area contributed by atoms with Crippen LogP contribution in [0.15, 0.2) is 45.0 Å². The molecule has 2 aromatic rings. The Bertz CT molecular complexity index is 622. The second-order valence-corrected chi connectivity index (χ2v) is 6.82. The van der Waals surface area contributed by atoms with Gasteiger partial charge in [0.1, 0.15) is 10.8 Å². The third-order valence-electron chi connectivity index (χ3n) is 2.30. The highest BCUT2D eigenvalue weighted by atomic mass is 79.9. The molecule has 0 radical (unpaired) electrons. The van der Waals surface area contributed by atoms with Crippen LogP contribution in [0.2, 0.25) is 0 Å². The number of aromatic nitrogens is 2. The molecule has 1 heterocycles. The van der Waals surface area contributed by atoms with Crippen molar-refractivity contribution in [3.8, 4) is 0 Å². The lowest BCUT2D eigenvalue weighted by Gasteiger charge is -2.04. The first-order valence-corrected chi connectivity index (χ1v) is 8.73. The number of hydrogen-bond donors (Lipinski definition) is 1. The zero-order valence-electron chi connectivity index (χ0n) is 10.2. The Morgan fingerprint density at radius 3 is 2.84 bits per heavy atom. The highest BCUT2D eigenvalue weighted by molar-refractivity contribution is 9.10. The van der Waals surface area contributed by atoms with Crippen LogP contribution in [0, 0.1) is 0 Å². The molecule has 0 spiro atoms. The van der Waals surface area contributed by atoms with Crippen molar-refractivity contribution in [3.63, 3.8) is 0 Å². The van der Waals surface area contributed by atoms with E-state index >= 15 is 0 Å². The van der Waals surface area contributed by atoms with Gasteiger partial charge in [-0.25, -0.2) is 9.97 Å². The van der Waals surface area contributed by atoms with E-state index in [0.717, 1.165) is 15.1 Å². The third-order valence-corrected chi connectivity index (χ3v) is 4.61. The average molecular weight is 358 g/mol. The Labute approximate surface area is 126 Å². The Kier molecular flexibility index (Phi) is 4.95. The summed E-state index contributed by atoms with van der Waals surface area (Å²) in [4.78, 5) is 8.27. The first-order valence-electron chi connectivity index (χ1n) is 5.40. The van der Waals surface area contributed by atoms with Gasteiger partial charge in [-0.1, -0.05) is 28.1 Å². The van der Waals surface area contributed by atoms with Gasteiger partial charge in [-0.05, 0) is 24.0 Å². The van der Waals surface area contributed by atoms with Crippen molar-refractivity contribution in [2.75, 3.05) is 12.0 Å². The molecule has 19 heavy (non-hydrogen) atoms. The first kappa shape index (κ1) is 14.5. The van der Waals surface area contributed by atoms with Crippen molar-refractivity contribution in [2.45, 2.75) is 15.9 Å². The van der Waals surface area contributed by atoms with Crippen LogP contribution in [0.25, 0.3) is 0 Å². The summed E-state index contributed by atoms with van der Waals surface area (Å²) < 4.78 is 13.2. The molecule has 1 aromatic heterocycles. The second kappa shape index (κ2) is 6.49. The molecule has 1 aromatic carbocycles. The molecule has 0 amide bonds. The van der Waals surface area contributed by atoms with Gasteiger partial charge >= 0.3 is 0 Å². The SMILES string of the molecule is CSc1cc(N)nc(S(=O)Cc2cccc(Br)c2)n1. The largest absolute Gasteiger partial charge is 0.384 e. The van der Waals surface area contributed by atoms with Gasteiger partial charge in [-0.3, -0.25) is 4.21 Å². The monoisotopic (exact) mass is 357 g/mol. The molecule has 0 saturated carbocycles. The van der Waals surface area contributed by atoms with Gasteiger partial charge < -0.3 is 5.73 Å². The number of anilines is 1. The molecule has 1 unspecified atom stereocenters. The van der Waals surface area contributed by atoms with Crippen molar-refractivity contribution in [1.29, 1.82) is 0 Å². The lowest BCUT2D eigenvalue weighted by atomic mass is 10.2. The Morgan fingerprint density at radius 2 is 2.16 bits per heavy atom. The lowest BCUT2D eigenvalue weighted by Crippen LogP contribution is -2.05. The molecule has 0 aliphatic heterocycles. The van der Waals surface area contributed by atoms with Gasteiger partial charge in [0.2, 0.25) is 5.16 Å². The summed E-state index contributed by atoms with van der Waals surface area (Å²) >= 11 is 4.84. The number of nitrogen functional groups attached to an aromatic ring is 1. The Hall–Kier alpha value is -0.920. The summed E-state index contributed by atoms with van der Waals surface area (Å²) in [5, 5.41) is 1.01. The second-order valence-electron chi connectivity index (χ2n) is 3.74. The van der Waals surface area contributed by atoms with Crippen molar-refractivity contribution >= 4 is 44.3 Å². The molecule has 0 bridgehead atoms. The highest BCUT2D eigenvalue weighted by Gasteiger charge is 2.11. The maximum Gasteiger partial charge on any atom is 0.221 e. The van der Waals surface area contributed by atoms with Crippen LogP contribution in [-0.4, -0.2) is 20.4 Å². The van der Waals surface area contributed by atoms with Crippen LogP contribution in [0.4, 0.5) is 5.82 Å². The maximum absolute atomic E-state index is 12.3. The zero-order valence-corrected chi connectivity index (χ0v) is 13.4. The summed E-state index contributed by atoms with van der Waals surface area (Å²) in [6.07, 6.45) is 1.89. The fourth-order valence-corrected chi connectivity index (χ4v) is 3.41. The van der Waals surface area contributed by atoms with Crippen LogP contribution in [-0.2, 0) is 16.6 Å². The van der Waals surface area contributed by atoms with Gasteiger partial charge in [0.25, 0.3) is 0 Å². The van der Waals surface area contributed by atoms with E-state index in [2.05, 4.69) is 25.9 Å². The normalized spacial score (nSPS) is 12.3. The minimum absolute atomic E-state index is 0.282. The molecule has 2 N–H and O–H groups in total. The van der Waals surface area contributed by atoms with Gasteiger partial charge in [-0.15, -0.1) is 11.8 Å². The summed E-state index contributed by atoms with van der Waals surface area (Å²) in [5.41, 5.74) is 6.65. The van der Waals surface area contributed by atoms with Crippen LogP contribution < -0.4 is 5.73 Å². The number of benzene rings is 1. The summed E-state index contributed by atoms with van der Waals surface area (Å²) in [6.45, 7) is 0. The number of nitrogens with zero attached hydrogens (tertiary/aromatic N) is 2. The molecule has 1 atom stereocenters. The molecule has 2 rings (SSSR count). The van der Waals surface area contributed by atoms with E-state index in [1.165, 1.54) is 11.8 Å². The number of nitrogens with two attached hydrogens (primary N) is 1. The van der Waals surface area contributed by atoms with Crippen molar-refractivity contribution < 1.29 is 4.21 Å². The first-order chi connectivity index (χ1) is 9.08. The third kappa shape index (κ3) is 4.02. The predicted molar refractivity (Wildman–Crippen MR) is 82.5 cm³/mol. The van der Waals surface area contributed by atoms with Crippen molar-refractivity contribution in [1.82, 2.24) is 9.97 Å². The average Bonchev–Trinajstić information content (AvgIpc) is 2.38. The highest BCUT2D eigenvalue weighted by Crippen LogP contribution is 2.18. The van der Waals surface area contributed by atoms with Crippen molar-refractivity contribution in [2.24, 2.45) is 0 Å². The minimum atomic E-state index is -1.30.